The highest BCUT2D eigenvalue weighted by Gasteiger charge is 2.21. The molecule has 0 heterocycles. The van der Waals surface area contributed by atoms with Crippen LogP contribution in [-0.4, -0.2) is 70.0 Å². The number of phosphoric acid groups is 1. The standard InChI is InChI=1S/C50H84NO8P/c1-6-8-10-12-14-16-18-20-22-24-25-27-28-30-32-34-36-38-40-42-49(52)56-46-48(47-58-60(54,55)57-45-44-51(3,4)5)59-50(53)43-41-39-37-35-33-31-29-26-23-21-19-17-15-13-11-9-7-2/h11,13-14,16-17,19-20,22-23,25-27,30-33,48H,6-10,12,15,18,21,24,28-29,34-47H2,1-5H3/b13-11+,16-14+,19-17+,22-20+,26-23+,27-25+,32-30+,33-31+/t48-/m1/s1. The molecule has 0 amide bonds. The van der Waals surface area contributed by atoms with E-state index in [2.05, 4.69) is 111 Å². The molecule has 0 aromatic heterocycles. The topological polar surface area (TPSA) is 111 Å². The second kappa shape index (κ2) is 41.3. The average Bonchev–Trinajstić information content (AvgIpc) is 3.20. The third-order valence-electron chi connectivity index (χ3n) is 9.06. The second-order valence-electron chi connectivity index (χ2n) is 16.1. The zero-order chi connectivity index (χ0) is 44.3. The van der Waals surface area contributed by atoms with Crippen LogP contribution in [0.15, 0.2) is 97.2 Å². The number of hydrogen-bond acceptors (Lipinski definition) is 8. The van der Waals surface area contributed by atoms with Crippen LogP contribution in [0.5, 0.6) is 0 Å². The van der Waals surface area contributed by atoms with E-state index in [-0.39, 0.29) is 26.1 Å². The zero-order valence-electron chi connectivity index (χ0n) is 38.4. The van der Waals surface area contributed by atoms with Crippen LogP contribution in [0.25, 0.3) is 0 Å². The highest BCUT2D eigenvalue weighted by molar-refractivity contribution is 7.45. The van der Waals surface area contributed by atoms with Gasteiger partial charge in [-0.2, -0.15) is 0 Å². The van der Waals surface area contributed by atoms with Gasteiger partial charge in [-0.25, -0.2) is 0 Å². The Labute approximate surface area is 366 Å². The van der Waals surface area contributed by atoms with Crippen molar-refractivity contribution < 1.29 is 42.1 Å². The minimum atomic E-state index is -4.65. The molecule has 9 nitrogen and oxygen atoms in total. The summed E-state index contributed by atoms with van der Waals surface area (Å²) in [6, 6.07) is 0. The van der Waals surface area contributed by atoms with Gasteiger partial charge in [0, 0.05) is 12.8 Å². The van der Waals surface area contributed by atoms with E-state index in [1.807, 2.05) is 21.1 Å². The normalized spacial score (nSPS) is 14.4. The second-order valence-corrected chi connectivity index (χ2v) is 17.5. The van der Waals surface area contributed by atoms with Gasteiger partial charge in [-0.1, -0.05) is 143 Å². The van der Waals surface area contributed by atoms with Gasteiger partial charge in [0.2, 0.25) is 0 Å². The monoisotopic (exact) mass is 858 g/mol. The van der Waals surface area contributed by atoms with Crippen LogP contribution < -0.4 is 4.89 Å². The summed E-state index contributed by atoms with van der Waals surface area (Å²) in [6.07, 6.45) is 54.3. The Kier molecular flexibility index (Phi) is 39.2. The molecule has 10 heteroatoms. The van der Waals surface area contributed by atoms with Gasteiger partial charge in [-0.05, 0) is 96.3 Å². The fourth-order valence-electron chi connectivity index (χ4n) is 5.45. The molecule has 0 saturated carbocycles. The van der Waals surface area contributed by atoms with E-state index in [1.165, 1.54) is 32.1 Å². The van der Waals surface area contributed by atoms with E-state index in [9.17, 15) is 19.0 Å². The molecule has 0 aliphatic heterocycles. The largest absolute Gasteiger partial charge is 0.756 e. The lowest BCUT2D eigenvalue weighted by atomic mass is 10.1. The van der Waals surface area contributed by atoms with Gasteiger partial charge < -0.3 is 27.9 Å². The predicted octanol–water partition coefficient (Wildman–Crippen LogP) is 12.7. The van der Waals surface area contributed by atoms with Crippen molar-refractivity contribution in [3.05, 3.63) is 97.2 Å². The summed E-state index contributed by atoms with van der Waals surface area (Å²) in [5.41, 5.74) is 0. The summed E-state index contributed by atoms with van der Waals surface area (Å²) in [5, 5.41) is 0. The maximum atomic E-state index is 12.7. The number of nitrogens with zero attached hydrogens (tertiary/aromatic N) is 1. The van der Waals surface area contributed by atoms with Crippen LogP contribution in [0.4, 0.5) is 0 Å². The summed E-state index contributed by atoms with van der Waals surface area (Å²) >= 11 is 0. The first-order valence-corrected chi connectivity index (χ1v) is 24.4. The number of carbonyl (C=O) groups excluding carboxylic acids is 2. The van der Waals surface area contributed by atoms with Crippen molar-refractivity contribution in [2.75, 3.05) is 47.5 Å². The van der Waals surface area contributed by atoms with E-state index < -0.39 is 32.5 Å². The Hall–Kier alpha value is -3.07. The lowest BCUT2D eigenvalue weighted by molar-refractivity contribution is -0.870. The highest BCUT2D eigenvalue weighted by atomic mass is 31.2. The highest BCUT2D eigenvalue weighted by Crippen LogP contribution is 2.38. The van der Waals surface area contributed by atoms with Crippen molar-refractivity contribution in [3.8, 4) is 0 Å². The predicted molar refractivity (Wildman–Crippen MR) is 249 cm³/mol. The third kappa shape index (κ3) is 44.5. The Bertz CT molecular complexity index is 1340. The van der Waals surface area contributed by atoms with Crippen LogP contribution in [-0.2, 0) is 32.7 Å². The number of ether oxygens (including phenoxy) is 2. The van der Waals surface area contributed by atoms with E-state index in [4.69, 9.17) is 18.5 Å². The fourth-order valence-corrected chi connectivity index (χ4v) is 6.18. The molecule has 0 fully saturated rings. The maximum absolute atomic E-state index is 12.7. The number of rotatable bonds is 40. The van der Waals surface area contributed by atoms with Crippen LogP contribution >= 0.6 is 7.82 Å². The van der Waals surface area contributed by atoms with Crippen LogP contribution in [0, 0.1) is 0 Å². The lowest BCUT2D eigenvalue weighted by Crippen LogP contribution is -2.37. The van der Waals surface area contributed by atoms with Gasteiger partial charge in [0.15, 0.2) is 6.10 Å². The molecule has 0 rings (SSSR count). The van der Waals surface area contributed by atoms with Crippen molar-refractivity contribution in [1.82, 2.24) is 0 Å². The minimum absolute atomic E-state index is 0.0485. The molecule has 0 spiro atoms. The zero-order valence-corrected chi connectivity index (χ0v) is 39.3. The molecule has 0 saturated heterocycles. The van der Waals surface area contributed by atoms with Crippen molar-refractivity contribution in [2.45, 2.75) is 161 Å². The number of unbranched alkanes of at least 4 members (excludes halogenated alkanes) is 10. The number of esters is 2. The molecule has 2 atom stereocenters. The third-order valence-corrected chi connectivity index (χ3v) is 10.0. The van der Waals surface area contributed by atoms with E-state index >= 15 is 0 Å². The van der Waals surface area contributed by atoms with Crippen LogP contribution in [0.1, 0.15) is 155 Å². The smallest absolute Gasteiger partial charge is 0.306 e. The molecule has 342 valence electrons. The molecule has 0 aromatic carbocycles. The number of phosphoric ester groups is 1. The number of likely N-dealkylation sites (N-methyl/N-ethyl adjacent to an activating group) is 1. The summed E-state index contributed by atoms with van der Waals surface area (Å²) in [5.74, 6) is -0.917. The summed E-state index contributed by atoms with van der Waals surface area (Å²) in [4.78, 5) is 37.6. The number of carbonyl (C=O) groups is 2. The summed E-state index contributed by atoms with van der Waals surface area (Å²) in [6.45, 7) is 4.03. The first-order chi connectivity index (χ1) is 29.0. The Morgan fingerprint density at radius 2 is 0.933 bits per heavy atom. The number of hydrogen-bond donors (Lipinski definition) is 0. The van der Waals surface area contributed by atoms with E-state index in [0.717, 1.165) is 83.5 Å². The molecule has 0 radical (unpaired) electrons. The minimum Gasteiger partial charge on any atom is -0.756 e. The molecule has 60 heavy (non-hydrogen) atoms. The summed E-state index contributed by atoms with van der Waals surface area (Å²) in [7, 11) is 1.11. The SMILES string of the molecule is CCC/C=C/C/C=C/C/C=C/C/C=C/CCCCCC(=O)O[C@H](COC(=O)CCCCC/C=C/C/C=C/C/C=C/C/C=C/CCCCC)COP(=O)([O-])OCC[N+](C)(C)C. The molecular formula is C50H84NO8P. The van der Waals surface area contributed by atoms with Crippen molar-refractivity contribution in [3.63, 3.8) is 0 Å². The van der Waals surface area contributed by atoms with Crippen LogP contribution in [0.2, 0.25) is 0 Å². The quantitative estimate of drug-likeness (QED) is 0.0197. The first-order valence-electron chi connectivity index (χ1n) is 22.9. The Morgan fingerprint density at radius 1 is 0.517 bits per heavy atom. The van der Waals surface area contributed by atoms with Crippen molar-refractivity contribution >= 4 is 19.8 Å². The molecule has 0 bridgehead atoms. The number of quaternary nitrogens is 1. The molecule has 0 aromatic rings. The van der Waals surface area contributed by atoms with Gasteiger partial charge in [0.05, 0.1) is 27.7 Å². The van der Waals surface area contributed by atoms with Gasteiger partial charge >= 0.3 is 11.9 Å². The maximum Gasteiger partial charge on any atom is 0.306 e. The van der Waals surface area contributed by atoms with Crippen molar-refractivity contribution in [2.24, 2.45) is 0 Å². The lowest BCUT2D eigenvalue weighted by Gasteiger charge is -2.28. The molecule has 1 unspecified atom stereocenters. The van der Waals surface area contributed by atoms with Crippen molar-refractivity contribution in [1.29, 1.82) is 0 Å². The van der Waals surface area contributed by atoms with Gasteiger partial charge in [-0.15, -0.1) is 0 Å². The Morgan fingerprint density at radius 3 is 1.37 bits per heavy atom. The molecule has 0 aliphatic carbocycles. The van der Waals surface area contributed by atoms with Crippen LogP contribution in [0.3, 0.4) is 0 Å². The van der Waals surface area contributed by atoms with E-state index in [1.54, 1.807) is 0 Å². The molecule has 0 aliphatic rings. The van der Waals surface area contributed by atoms with Gasteiger partial charge in [0.25, 0.3) is 7.82 Å². The molecular weight excluding hydrogens is 774 g/mol. The summed E-state index contributed by atoms with van der Waals surface area (Å²) < 4.78 is 33.9. The molecule has 0 N–H and O–H groups in total. The average molecular weight is 858 g/mol. The van der Waals surface area contributed by atoms with Gasteiger partial charge in [0.1, 0.15) is 19.8 Å². The fraction of sp³-hybridized carbons (Fsp3) is 0.640. The number of allylic oxidation sites excluding steroid dienone is 16. The van der Waals surface area contributed by atoms with E-state index in [0.29, 0.717) is 23.9 Å². The first kappa shape index (κ1) is 56.9. The van der Waals surface area contributed by atoms with Gasteiger partial charge in [-0.3, -0.25) is 14.2 Å². The Balaban J connectivity index is 4.48.